The Hall–Kier alpha value is -1.46. The molecule has 0 bridgehead atoms. The highest BCUT2D eigenvalue weighted by molar-refractivity contribution is 5.97. The first kappa shape index (κ1) is 11.0. The highest BCUT2D eigenvalue weighted by Crippen LogP contribution is 2.37. The zero-order chi connectivity index (χ0) is 10.4. The molecule has 16 heavy (non-hydrogen) atoms. The van der Waals surface area contributed by atoms with E-state index in [1.165, 1.54) is 0 Å². The number of nitrogens with two attached hydrogens (primary N) is 1. The molecule has 5 nitrogen and oxygen atoms in total. The number of fused-ring (bicyclic) bond motifs is 2. The lowest BCUT2D eigenvalue weighted by molar-refractivity contribution is 0.0940. The average molecular weight is 243 g/mol. The number of ether oxygens (including phenoxy) is 2. The molecule has 1 unspecified atom stereocenters. The van der Waals surface area contributed by atoms with Gasteiger partial charge in [-0.2, -0.15) is 0 Å². The minimum absolute atomic E-state index is 0. The minimum atomic E-state index is -0.174. The lowest BCUT2D eigenvalue weighted by atomic mass is 9.96. The molecule has 1 amide bonds. The summed E-state index contributed by atoms with van der Waals surface area (Å²) in [4.78, 5) is 11.6. The molecule has 0 saturated heterocycles. The Morgan fingerprint density at radius 2 is 2.00 bits per heavy atom. The van der Waals surface area contributed by atoms with Crippen LogP contribution in [0.25, 0.3) is 0 Å². The van der Waals surface area contributed by atoms with E-state index in [0.717, 1.165) is 5.56 Å². The fourth-order valence-electron chi connectivity index (χ4n) is 1.87. The maximum atomic E-state index is 11.6. The van der Waals surface area contributed by atoms with Crippen LogP contribution < -0.4 is 20.5 Å². The fourth-order valence-corrected chi connectivity index (χ4v) is 1.87. The molecule has 2 aliphatic rings. The highest BCUT2D eigenvalue weighted by Gasteiger charge is 2.27. The normalized spacial score (nSPS) is 20.8. The summed E-state index contributed by atoms with van der Waals surface area (Å²) in [5, 5.41) is 2.72. The number of amides is 1. The summed E-state index contributed by atoms with van der Waals surface area (Å²) in [5.41, 5.74) is 7.30. The third kappa shape index (κ3) is 1.48. The summed E-state index contributed by atoms with van der Waals surface area (Å²) in [6.07, 6.45) is 0. The Bertz CT molecular complexity index is 450. The van der Waals surface area contributed by atoms with Crippen molar-refractivity contribution >= 4 is 18.3 Å². The largest absolute Gasteiger partial charge is 0.454 e. The van der Waals surface area contributed by atoms with E-state index in [-0.39, 0.29) is 31.1 Å². The van der Waals surface area contributed by atoms with E-state index >= 15 is 0 Å². The predicted molar refractivity (Wildman–Crippen MR) is 59.1 cm³/mol. The Labute approximate surface area is 98.3 Å². The van der Waals surface area contributed by atoms with E-state index in [0.29, 0.717) is 23.6 Å². The minimum Gasteiger partial charge on any atom is -0.454 e. The van der Waals surface area contributed by atoms with E-state index in [1.54, 1.807) is 12.1 Å². The second-order valence-electron chi connectivity index (χ2n) is 3.61. The lowest BCUT2D eigenvalue weighted by Gasteiger charge is -2.22. The lowest BCUT2D eigenvalue weighted by Crippen LogP contribution is -2.38. The van der Waals surface area contributed by atoms with Gasteiger partial charge >= 0.3 is 0 Å². The summed E-state index contributed by atoms with van der Waals surface area (Å²) in [6.45, 7) is 0.667. The summed E-state index contributed by atoms with van der Waals surface area (Å²) < 4.78 is 10.4. The van der Waals surface area contributed by atoms with Gasteiger partial charge in [-0.1, -0.05) is 0 Å². The van der Waals surface area contributed by atoms with Crippen LogP contribution in [0.15, 0.2) is 12.1 Å². The van der Waals surface area contributed by atoms with Crippen LogP contribution in [0.5, 0.6) is 11.5 Å². The number of carbonyl (C=O) groups excluding carboxylic acids is 1. The number of halogens is 1. The van der Waals surface area contributed by atoms with Crippen molar-refractivity contribution in [3.05, 3.63) is 23.3 Å². The van der Waals surface area contributed by atoms with Gasteiger partial charge in [0.1, 0.15) is 0 Å². The average Bonchev–Trinajstić information content (AvgIpc) is 2.69. The predicted octanol–water partition coefficient (Wildman–Crippen LogP) is 0.580. The third-order valence-electron chi connectivity index (χ3n) is 2.67. The molecule has 0 saturated carbocycles. The van der Waals surface area contributed by atoms with E-state index in [9.17, 15) is 4.79 Å². The van der Waals surface area contributed by atoms with Gasteiger partial charge in [0, 0.05) is 18.2 Å². The molecular weight excluding hydrogens is 232 g/mol. The standard InChI is InChI=1S/C10H10N2O3.ClH/c11-7-3-12-10(13)6-2-9-8(1-5(6)7)14-4-15-9;/h1-2,7H,3-4,11H2,(H,12,13);1H. The van der Waals surface area contributed by atoms with Crippen molar-refractivity contribution in [2.75, 3.05) is 13.3 Å². The van der Waals surface area contributed by atoms with Crippen molar-refractivity contribution in [2.24, 2.45) is 5.73 Å². The van der Waals surface area contributed by atoms with Gasteiger partial charge < -0.3 is 20.5 Å². The van der Waals surface area contributed by atoms with E-state index in [4.69, 9.17) is 15.2 Å². The van der Waals surface area contributed by atoms with Crippen molar-refractivity contribution in [3.63, 3.8) is 0 Å². The quantitative estimate of drug-likeness (QED) is 0.698. The zero-order valence-corrected chi connectivity index (χ0v) is 9.17. The topological polar surface area (TPSA) is 73.6 Å². The molecule has 2 heterocycles. The summed E-state index contributed by atoms with van der Waals surface area (Å²) in [5.74, 6) is 1.17. The van der Waals surface area contributed by atoms with Crippen molar-refractivity contribution in [2.45, 2.75) is 6.04 Å². The molecule has 2 aliphatic heterocycles. The molecule has 3 rings (SSSR count). The number of hydrogen-bond acceptors (Lipinski definition) is 4. The van der Waals surface area contributed by atoms with Gasteiger partial charge in [-0.05, 0) is 17.7 Å². The fraction of sp³-hybridized carbons (Fsp3) is 0.300. The number of hydrogen-bond donors (Lipinski definition) is 2. The molecule has 1 atom stereocenters. The van der Waals surface area contributed by atoms with Gasteiger partial charge in [0.2, 0.25) is 6.79 Å². The SMILES string of the molecule is Cl.NC1CNC(=O)c2cc3c(cc21)OCO3. The Morgan fingerprint density at radius 3 is 2.75 bits per heavy atom. The number of nitrogens with one attached hydrogen (secondary N) is 1. The van der Waals surface area contributed by atoms with Crippen molar-refractivity contribution in [1.29, 1.82) is 0 Å². The number of benzene rings is 1. The van der Waals surface area contributed by atoms with Crippen LogP contribution >= 0.6 is 12.4 Å². The summed E-state index contributed by atoms with van der Waals surface area (Å²) >= 11 is 0. The first-order valence-corrected chi connectivity index (χ1v) is 4.73. The van der Waals surface area contributed by atoms with Gasteiger partial charge in [0.25, 0.3) is 5.91 Å². The van der Waals surface area contributed by atoms with Crippen LogP contribution in [0.2, 0.25) is 0 Å². The van der Waals surface area contributed by atoms with E-state index < -0.39 is 0 Å². The van der Waals surface area contributed by atoms with Crippen molar-refractivity contribution in [1.82, 2.24) is 5.32 Å². The number of rotatable bonds is 0. The zero-order valence-electron chi connectivity index (χ0n) is 8.36. The Morgan fingerprint density at radius 1 is 1.31 bits per heavy atom. The molecule has 1 aromatic carbocycles. The van der Waals surface area contributed by atoms with Gasteiger partial charge in [-0.3, -0.25) is 4.79 Å². The summed E-state index contributed by atoms with van der Waals surface area (Å²) in [6, 6.07) is 3.31. The number of carbonyl (C=O) groups is 1. The van der Waals surface area contributed by atoms with Crippen LogP contribution in [0, 0.1) is 0 Å². The molecule has 0 aliphatic carbocycles. The maximum absolute atomic E-state index is 11.6. The molecule has 0 radical (unpaired) electrons. The van der Waals surface area contributed by atoms with Crippen LogP contribution in [0.3, 0.4) is 0 Å². The van der Waals surface area contributed by atoms with Gasteiger partial charge in [-0.15, -0.1) is 12.4 Å². The van der Waals surface area contributed by atoms with Gasteiger partial charge in [-0.25, -0.2) is 0 Å². The molecule has 6 heteroatoms. The first-order chi connectivity index (χ1) is 7.25. The highest BCUT2D eigenvalue weighted by atomic mass is 35.5. The molecule has 3 N–H and O–H groups in total. The van der Waals surface area contributed by atoms with Gasteiger partial charge in [0.05, 0.1) is 0 Å². The van der Waals surface area contributed by atoms with Crippen LogP contribution in [0.4, 0.5) is 0 Å². The monoisotopic (exact) mass is 242 g/mol. The van der Waals surface area contributed by atoms with Crippen molar-refractivity contribution < 1.29 is 14.3 Å². The molecular formula is C10H11ClN2O3. The van der Waals surface area contributed by atoms with Crippen LogP contribution in [-0.4, -0.2) is 19.2 Å². The molecule has 0 fully saturated rings. The van der Waals surface area contributed by atoms with Crippen molar-refractivity contribution in [3.8, 4) is 11.5 Å². The van der Waals surface area contributed by atoms with E-state index in [2.05, 4.69) is 5.32 Å². The van der Waals surface area contributed by atoms with Gasteiger partial charge in [0.15, 0.2) is 11.5 Å². The Balaban J connectivity index is 0.000000963. The molecule has 0 aromatic heterocycles. The maximum Gasteiger partial charge on any atom is 0.251 e. The van der Waals surface area contributed by atoms with E-state index in [1.807, 2.05) is 0 Å². The second kappa shape index (κ2) is 3.84. The molecule has 1 aromatic rings. The Kier molecular flexibility index (Phi) is 2.65. The molecule has 0 spiro atoms. The second-order valence-corrected chi connectivity index (χ2v) is 3.61. The third-order valence-corrected chi connectivity index (χ3v) is 2.67. The molecule has 86 valence electrons. The van der Waals surface area contributed by atoms with Crippen LogP contribution in [-0.2, 0) is 0 Å². The first-order valence-electron chi connectivity index (χ1n) is 4.73. The summed E-state index contributed by atoms with van der Waals surface area (Å²) in [7, 11) is 0. The smallest absolute Gasteiger partial charge is 0.251 e. The van der Waals surface area contributed by atoms with Crippen LogP contribution in [0.1, 0.15) is 22.0 Å².